The van der Waals surface area contributed by atoms with Crippen LogP contribution in [0.5, 0.6) is 0 Å². The third-order valence-corrected chi connectivity index (χ3v) is 1.29. The van der Waals surface area contributed by atoms with Crippen LogP contribution in [0, 0.1) is 0 Å². The minimum Gasteiger partial charge on any atom is -0.375 e. The van der Waals surface area contributed by atoms with Gasteiger partial charge in [0.05, 0.1) is 6.10 Å². The van der Waals surface area contributed by atoms with Crippen molar-refractivity contribution in [1.29, 1.82) is 0 Å². The Hall–Kier alpha value is -0.300. The number of hydrogen-bond donors (Lipinski definition) is 0. The Kier molecular flexibility index (Phi) is 6.61. The maximum absolute atomic E-state index is 5.30. The van der Waals surface area contributed by atoms with Gasteiger partial charge in [0.2, 0.25) is 0 Å². The lowest BCUT2D eigenvalue weighted by Gasteiger charge is -2.04. The van der Waals surface area contributed by atoms with Crippen LogP contribution in [0.1, 0.15) is 33.6 Å². The van der Waals surface area contributed by atoms with Gasteiger partial charge in [-0.1, -0.05) is 25.5 Å². The van der Waals surface area contributed by atoms with E-state index in [1.54, 1.807) is 0 Å². The fraction of sp³-hybridized carbons (Fsp3) is 0.778. The van der Waals surface area contributed by atoms with Gasteiger partial charge in [-0.3, -0.25) is 0 Å². The fourth-order valence-corrected chi connectivity index (χ4v) is 0.773. The molecule has 0 aromatic rings. The molecule has 0 aliphatic heterocycles. The van der Waals surface area contributed by atoms with Gasteiger partial charge in [0, 0.05) is 6.61 Å². The van der Waals surface area contributed by atoms with Gasteiger partial charge in [0.15, 0.2) is 0 Å². The van der Waals surface area contributed by atoms with Crippen LogP contribution in [0.3, 0.4) is 0 Å². The molecule has 10 heavy (non-hydrogen) atoms. The van der Waals surface area contributed by atoms with Gasteiger partial charge in [0.1, 0.15) is 0 Å². The first-order valence-electron chi connectivity index (χ1n) is 4.09. The molecule has 0 N–H and O–H groups in total. The highest BCUT2D eigenvalue weighted by Gasteiger charge is 1.90. The summed E-state index contributed by atoms with van der Waals surface area (Å²) in [6.07, 6.45) is 6.97. The van der Waals surface area contributed by atoms with E-state index in [-0.39, 0.29) is 6.10 Å². The first-order valence-corrected chi connectivity index (χ1v) is 4.09. The summed E-state index contributed by atoms with van der Waals surface area (Å²) < 4.78 is 5.30. The Balaban J connectivity index is 3.26. The van der Waals surface area contributed by atoms with E-state index in [1.807, 2.05) is 6.92 Å². The summed E-state index contributed by atoms with van der Waals surface area (Å²) in [4.78, 5) is 0. The summed E-state index contributed by atoms with van der Waals surface area (Å²) in [5.74, 6) is 0. The maximum atomic E-state index is 5.30. The summed E-state index contributed by atoms with van der Waals surface area (Å²) in [7, 11) is 0. The second-order valence-electron chi connectivity index (χ2n) is 2.38. The van der Waals surface area contributed by atoms with Crippen LogP contribution in [0.4, 0.5) is 0 Å². The highest BCUT2D eigenvalue weighted by atomic mass is 16.5. The smallest absolute Gasteiger partial charge is 0.0727 e. The lowest BCUT2D eigenvalue weighted by molar-refractivity contribution is 0.109. The predicted octanol–water partition coefficient (Wildman–Crippen LogP) is 2.77. The van der Waals surface area contributed by atoms with Crippen LogP contribution in [0.15, 0.2) is 12.2 Å². The number of allylic oxidation sites excluding steroid dienone is 1. The standard InChI is InChI=1S/C9H18O/c1-4-6-7-8-9(3)10-5-2/h7-9H,4-6H2,1-3H3/b8-7+. The van der Waals surface area contributed by atoms with Crippen LogP contribution >= 0.6 is 0 Å². The van der Waals surface area contributed by atoms with E-state index in [9.17, 15) is 0 Å². The van der Waals surface area contributed by atoms with Crippen LogP contribution < -0.4 is 0 Å². The fourth-order valence-electron chi connectivity index (χ4n) is 0.773. The summed E-state index contributed by atoms with van der Waals surface area (Å²) >= 11 is 0. The molecule has 1 heteroatoms. The molecule has 0 aliphatic rings. The van der Waals surface area contributed by atoms with Crippen LogP contribution in [0.2, 0.25) is 0 Å². The molecule has 0 aliphatic carbocycles. The molecule has 1 unspecified atom stereocenters. The van der Waals surface area contributed by atoms with E-state index in [4.69, 9.17) is 4.74 Å². The second kappa shape index (κ2) is 6.81. The van der Waals surface area contributed by atoms with Crippen molar-refractivity contribution in [3.63, 3.8) is 0 Å². The van der Waals surface area contributed by atoms with Crippen molar-refractivity contribution in [1.82, 2.24) is 0 Å². The molecule has 60 valence electrons. The van der Waals surface area contributed by atoms with Gasteiger partial charge in [0.25, 0.3) is 0 Å². The third kappa shape index (κ3) is 5.83. The van der Waals surface area contributed by atoms with Gasteiger partial charge >= 0.3 is 0 Å². The molecule has 0 rings (SSSR count). The van der Waals surface area contributed by atoms with Gasteiger partial charge < -0.3 is 4.74 Å². The number of hydrogen-bond acceptors (Lipinski definition) is 1. The van der Waals surface area contributed by atoms with E-state index in [1.165, 1.54) is 6.42 Å². The van der Waals surface area contributed by atoms with Gasteiger partial charge in [-0.2, -0.15) is 0 Å². The highest BCUT2D eigenvalue weighted by Crippen LogP contribution is 1.95. The first-order chi connectivity index (χ1) is 4.81. The summed E-state index contributed by atoms with van der Waals surface area (Å²) in [6.45, 7) is 7.06. The molecule has 0 fully saturated rings. The van der Waals surface area contributed by atoms with E-state index < -0.39 is 0 Å². The molecule has 1 nitrogen and oxygen atoms in total. The third-order valence-electron chi connectivity index (χ3n) is 1.29. The summed E-state index contributed by atoms with van der Waals surface area (Å²) in [6, 6.07) is 0. The Morgan fingerprint density at radius 2 is 2.10 bits per heavy atom. The molecule has 0 amide bonds. The average molecular weight is 142 g/mol. The SMILES string of the molecule is CCC/C=C/C(C)OCC. The van der Waals surface area contributed by atoms with Crippen LogP contribution in [-0.2, 0) is 4.74 Å². The van der Waals surface area contributed by atoms with Crippen LogP contribution in [-0.4, -0.2) is 12.7 Å². The minimum atomic E-state index is 0.288. The number of ether oxygens (including phenoxy) is 1. The van der Waals surface area contributed by atoms with Crippen molar-refractivity contribution in [2.45, 2.75) is 39.7 Å². The zero-order valence-electron chi connectivity index (χ0n) is 7.26. The molecule has 0 heterocycles. The van der Waals surface area contributed by atoms with E-state index >= 15 is 0 Å². The molecule has 0 saturated heterocycles. The Bertz CT molecular complexity index is 86.7. The van der Waals surface area contributed by atoms with Crippen LogP contribution in [0.25, 0.3) is 0 Å². The molecule has 0 aromatic heterocycles. The van der Waals surface area contributed by atoms with E-state index in [2.05, 4.69) is 26.0 Å². The molecule has 1 atom stereocenters. The summed E-state index contributed by atoms with van der Waals surface area (Å²) in [5.41, 5.74) is 0. The minimum absolute atomic E-state index is 0.288. The van der Waals surface area contributed by atoms with Crippen molar-refractivity contribution in [2.24, 2.45) is 0 Å². The largest absolute Gasteiger partial charge is 0.375 e. The second-order valence-corrected chi connectivity index (χ2v) is 2.38. The lowest BCUT2D eigenvalue weighted by Crippen LogP contribution is -2.02. The molecular weight excluding hydrogens is 124 g/mol. The molecule has 0 saturated carbocycles. The number of rotatable bonds is 5. The molecule has 0 aromatic carbocycles. The summed E-state index contributed by atoms with van der Waals surface area (Å²) in [5, 5.41) is 0. The monoisotopic (exact) mass is 142 g/mol. The normalized spacial score (nSPS) is 14.3. The topological polar surface area (TPSA) is 9.23 Å². The van der Waals surface area contributed by atoms with E-state index in [0.29, 0.717) is 0 Å². The molecule has 0 spiro atoms. The first kappa shape index (κ1) is 9.70. The van der Waals surface area contributed by atoms with E-state index in [0.717, 1.165) is 13.0 Å². The number of unbranched alkanes of at least 4 members (excludes halogenated alkanes) is 1. The Labute approximate surface area is 64.1 Å². The Morgan fingerprint density at radius 3 is 2.60 bits per heavy atom. The van der Waals surface area contributed by atoms with Crippen molar-refractivity contribution >= 4 is 0 Å². The highest BCUT2D eigenvalue weighted by molar-refractivity contribution is 4.86. The predicted molar refractivity (Wildman–Crippen MR) is 45.1 cm³/mol. The average Bonchev–Trinajstić information content (AvgIpc) is 1.89. The molecule has 0 radical (unpaired) electrons. The van der Waals surface area contributed by atoms with Gasteiger partial charge in [-0.05, 0) is 20.3 Å². The molecular formula is C9H18O. The van der Waals surface area contributed by atoms with Crippen molar-refractivity contribution in [2.75, 3.05) is 6.61 Å². The zero-order chi connectivity index (χ0) is 7.82. The maximum Gasteiger partial charge on any atom is 0.0727 e. The van der Waals surface area contributed by atoms with Crippen molar-refractivity contribution < 1.29 is 4.74 Å². The Morgan fingerprint density at radius 1 is 1.40 bits per heavy atom. The van der Waals surface area contributed by atoms with Gasteiger partial charge in [-0.25, -0.2) is 0 Å². The van der Waals surface area contributed by atoms with Gasteiger partial charge in [-0.15, -0.1) is 0 Å². The lowest BCUT2D eigenvalue weighted by atomic mass is 10.3. The van der Waals surface area contributed by atoms with Crippen molar-refractivity contribution in [3.05, 3.63) is 12.2 Å². The molecule has 0 bridgehead atoms. The zero-order valence-corrected chi connectivity index (χ0v) is 7.26. The quantitative estimate of drug-likeness (QED) is 0.536. The van der Waals surface area contributed by atoms with Crippen molar-refractivity contribution in [3.8, 4) is 0 Å².